The number of aromatic amines is 4. The molecule has 76 heavy (non-hydrogen) atoms. The number of carbonyl (C=O) groups is 4. The molecule has 0 aliphatic heterocycles. The number of para-hydroxylation sites is 4. The molecule has 0 aliphatic rings. The normalized spacial score (nSPS) is 9.37. The number of benzene rings is 4. The quantitative estimate of drug-likeness (QED) is 0.125. The van der Waals surface area contributed by atoms with Gasteiger partial charge in [-0.05, 0) is 79.7 Å². The van der Waals surface area contributed by atoms with Crippen LogP contribution in [-0.4, -0.2) is 64.2 Å². The van der Waals surface area contributed by atoms with Gasteiger partial charge in [0.1, 0.15) is 22.8 Å². The molecule has 4 aromatic heterocycles. The molecule has 16 N–H and O–H groups in total. The molecule has 400 valence electrons. The Kier molecular flexibility index (Phi) is 27.1. The fraction of sp³-hybridized carbons (Fsp3) is 0.154. The molecule has 8 aromatic rings. The Hall–Kier alpha value is -10.5. The number of rotatable bonds is 4. The molecule has 0 amide bonds. The van der Waals surface area contributed by atoms with Crippen molar-refractivity contribution in [2.24, 2.45) is 0 Å². The Morgan fingerprint density at radius 1 is 0.342 bits per heavy atom. The Bertz CT molecular complexity index is 2560. The van der Waals surface area contributed by atoms with E-state index >= 15 is 0 Å². The molecule has 0 saturated heterocycles. The summed E-state index contributed by atoms with van der Waals surface area (Å²) in [7, 11) is 0. The number of carboxylic acids is 4. The molecule has 0 saturated carbocycles. The van der Waals surface area contributed by atoms with E-state index in [1.807, 2.05) is 79.7 Å². The first-order valence-electron chi connectivity index (χ1n) is 22.1. The predicted octanol–water partition coefficient (Wildman–Crippen LogP) is 2.21. The molecule has 0 bridgehead atoms. The molecule has 4 heterocycles. The topological polar surface area (TPSA) is 454 Å². The van der Waals surface area contributed by atoms with Crippen LogP contribution in [0.5, 0.6) is 23.0 Å². The third-order valence-corrected chi connectivity index (χ3v) is 8.66. The number of H-pyrrole nitrogens is 4. The summed E-state index contributed by atoms with van der Waals surface area (Å²) in [5.41, 5.74) is 28.8. The second kappa shape index (κ2) is 32.5. The van der Waals surface area contributed by atoms with Gasteiger partial charge in [0.15, 0.2) is 0 Å². The van der Waals surface area contributed by atoms with Crippen molar-refractivity contribution in [1.29, 1.82) is 0 Å². The van der Waals surface area contributed by atoms with Crippen LogP contribution in [0, 0.1) is 55.4 Å². The maximum Gasteiger partial charge on any atom is 0.387 e. The average molecular weight is 1050 g/mol. The fourth-order valence-corrected chi connectivity index (χ4v) is 5.78. The van der Waals surface area contributed by atoms with Crippen LogP contribution < -0.4 is 63.3 Å². The number of anilines is 4. The lowest BCUT2D eigenvalue weighted by molar-refractivity contribution is -0.374. The number of nitrogens with zero attached hydrogens (tertiary/aromatic N) is 4. The van der Waals surface area contributed by atoms with Crippen molar-refractivity contribution in [3.63, 3.8) is 0 Å². The summed E-state index contributed by atoms with van der Waals surface area (Å²) in [6.45, 7) is 15.5. The lowest BCUT2D eigenvalue weighted by Crippen LogP contribution is -2.16. The van der Waals surface area contributed by atoms with E-state index in [2.05, 4.69) is 39.9 Å². The molecule has 0 radical (unpaired) electrons. The van der Waals surface area contributed by atoms with E-state index < -0.39 is 46.9 Å². The van der Waals surface area contributed by atoms with Gasteiger partial charge in [-0.25, -0.2) is 39.1 Å². The zero-order chi connectivity index (χ0) is 57.7. The number of aromatic carboxylic acids is 4. The van der Waals surface area contributed by atoms with Crippen LogP contribution in [0.15, 0.2) is 121 Å². The van der Waals surface area contributed by atoms with Gasteiger partial charge in [-0.2, -0.15) is 0 Å². The molecule has 0 spiro atoms. The zero-order valence-electron chi connectivity index (χ0n) is 42.7. The van der Waals surface area contributed by atoms with Crippen molar-refractivity contribution < 1.29 is 80.0 Å². The van der Waals surface area contributed by atoms with Gasteiger partial charge in [0.25, 0.3) is 0 Å². The minimum atomic E-state index is -1.18. The third kappa shape index (κ3) is 26.1. The van der Waals surface area contributed by atoms with E-state index in [9.17, 15) is 39.6 Å². The summed E-state index contributed by atoms with van der Waals surface area (Å²) >= 11 is 0. The van der Waals surface area contributed by atoms with E-state index in [0.717, 1.165) is 45.6 Å². The van der Waals surface area contributed by atoms with Crippen molar-refractivity contribution in [2.75, 3.05) is 22.9 Å². The van der Waals surface area contributed by atoms with Crippen LogP contribution in [0.1, 0.15) is 87.0 Å². The number of nitrogens with two attached hydrogens (primary N) is 4. The highest BCUT2D eigenvalue weighted by atomic mass is 16.4. The lowest BCUT2D eigenvalue weighted by Gasteiger charge is -2.07. The predicted molar refractivity (Wildman–Crippen MR) is 270 cm³/mol. The van der Waals surface area contributed by atoms with Crippen LogP contribution in [0.3, 0.4) is 0 Å². The second-order valence-corrected chi connectivity index (χ2v) is 15.6. The van der Waals surface area contributed by atoms with Gasteiger partial charge in [-0.15, -0.1) is 0 Å². The lowest BCUT2D eigenvalue weighted by atomic mass is 10.2. The summed E-state index contributed by atoms with van der Waals surface area (Å²) in [5.74, 6) is -4.58. The number of hydrogen-bond acceptors (Lipinski definition) is 16. The summed E-state index contributed by atoms with van der Waals surface area (Å²) in [6, 6.07) is 29.9. The minimum Gasteiger partial charge on any atom is -0.872 e. The van der Waals surface area contributed by atoms with Crippen molar-refractivity contribution >= 4 is 47.7 Å². The highest BCUT2D eigenvalue weighted by Gasteiger charge is 2.04. The number of aryl methyl sites for hydroxylation is 8. The highest BCUT2D eigenvalue weighted by molar-refractivity contribution is 5.91. The summed E-state index contributed by atoms with van der Waals surface area (Å²) < 4.78 is 0. The number of hydrogen-bond donors (Lipinski definition) is 8. The minimum absolute atomic E-state index is 0.178. The van der Waals surface area contributed by atoms with Gasteiger partial charge in [-0.3, -0.25) is 22.9 Å². The molecule has 24 heteroatoms. The van der Waals surface area contributed by atoms with E-state index in [1.165, 1.54) is 97.1 Å². The van der Waals surface area contributed by atoms with Crippen LogP contribution in [0.25, 0.3) is 0 Å². The third-order valence-electron chi connectivity index (χ3n) is 8.66. The first-order chi connectivity index (χ1) is 35.6. The van der Waals surface area contributed by atoms with Crippen LogP contribution in [-0.2, 0) is 0 Å². The SMILES string of the molecule is Cc1cc(C)[nH+]c(N)n1.Cc1cc(C)[nH+]c(N)n1.Cc1cc(C)[nH+]c(N)n1.Cc1cc(C)[nH+]c(N)n1.O=C(O)c1ccccc1[O-].O=C(O)c1ccccc1[O-].O=C(O)c1ccccc1[O-].O=C(O)c1ccccc1[O-]. The smallest absolute Gasteiger partial charge is 0.387 e. The molecule has 0 aliphatic carbocycles. The van der Waals surface area contributed by atoms with E-state index in [0.29, 0.717) is 23.8 Å². The van der Waals surface area contributed by atoms with Gasteiger partial charge >= 0.3 is 47.7 Å². The molecule has 24 nitrogen and oxygen atoms in total. The van der Waals surface area contributed by atoms with E-state index in [-0.39, 0.29) is 22.3 Å². The monoisotopic (exact) mass is 1040 g/mol. The maximum atomic E-state index is 10.7. The van der Waals surface area contributed by atoms with Crippen molar-refractivity contribution in [1.82, 2.24) is 19.9 Å². The molecule has 0 atom stereocenters. The standard InChI is InChI=1S/4C7H6O3.4C6H9N3/c4*8-6-4-2-1-3-5(6)7(9)10;4*1-4-3-5(2)9-6(7)8-4/h4*1-4,8H,(H,9,10);4*3H,1-2H3,(H2,7,8,9). The van der Waals surface area contributed by atoms with E-state index in [4.69, 9.17) is 43.4 Å². The summed E-state index contributed by atoms with van der Waals surface area (Å²) in [5, 5.41) is 76.2. The number of carboxylic acid groups (broad SMARTS) is 4. The molecule has 8 rings (SSSR count). The molecule has 0 fully saturated rings. The van der Waals surface area contributed by atoms with Crippen LogP contribution >= 0.6 is 0 Å². The van der Waals surface area contributed by atoms with Crippen molar-refractivity contribution in [3.05, 3.63) is 189 Å². The molecular formula is C52H60N12O12. The van der Waals surface area contributed by atoms with Gasteiger partial charge in [-0.1, -0.05) is 116 Å². The first kappa shape index (κ1) is 63.5. The number of nitrogen functional groups attached to an aromatic ring is 4. The Morgan fingerprint density at radius 3 is 0.605 bits per heavy atom. The number of nitrogens with one attached hydrogen (secondary N) is 4. The van der Waals surface area contributed by atoms with Crippen molar-refractivity contribution in [2.45, 2.75) is 55.4 Å². The van der Waals surface area contributed by atoms with Gasteiger partial charge < -0.3 is 40.9 Å². The Balaban J connectivity index is 0.000000434. The van der Waals surface area contributed by atoms with Crippen molar-refractivity contribution in [3.8, 4) is 23.0 Å². The van der Waals surface area contributed by atoms with Crippen LogP contribution in [0.4, 0.5) is 23.8 Å². The Labute approximate surface area is 436 Å². The molecule has 0 unspecified atom stereocenters. The fourth-order valence-electron chi connectivity index (χ4n) is 5.78. The summed E-state index contributed by atoms with van der Waals surface area (Å²) in [6.07, 6.45) is 0. The first-order valence-corrected chi connectivity index (χ1v) is 22.1. The second-order valence-electron chi connectivity index (χ2n) is 15.6. The largest absolute Gasteiger partial charge is 0.872 e. The Morgan fingerprint density at radius 2 is 0.500 bits per heavy atom. The van der Waals surface area contributed by atoms with Crippen LogP contribution in [0.2, 0.25) is 0 Å². The average Bonchev–Trinajstić information content (AvgIpc) is 3.29. The van der Waals surface area contributed by atoms with Gasteiger partial charge in [0.05, 0.1) is 45.0 Å². The molecule has 4 aromatic carbocycles. The zero-order valence-corrected chi connectivity index (χ0v) is 42.7. The molecular weight excluding hydrogens is 985 g/mol. The highest BCUT2D eigenvalue weighted by Crippen LogP contribution is 2.13. The number of aromatic nitrogens is 8. The van der Waals surface area contributed by atoms with Gasteiger partial charge in [0, 0.05) is 24.3 Å². The van der Waals surface area contributed by atoms with E-state index in [1.54, 1.807) is 0 Å². The van der Waals surface area contributed by atoms with Gasteiger partial charge in [0.2, 0.25) is 0 Å². The summed E-state index contributed by atoms with van der Waals surface area (Å²) in [4.78, 5) is 68.2. The maximum absolute atomic E-state index is 10.7.